The van der Waals surface area contributed by atoms with Crippen LogP contribution >= 0.6 is 0 Å². The molecule has 1 saturated heterocycles. The fourth-order valence-corrected chi connectivity index (χ4v) is 3.05. The second-order valence-corrected chi connectivity index (χ2v) is 7.18. The van der Waals surface area contributed by atoms with Gasteiger partial charge in [-0.3, -0.25) is 4.98 Å². The number of amides is 1. The Labute approximate surface area is 157 Å². The van der Waals surface area contributed by atoms with Crippen LogP contribution in [0.25, 0.3) is 11.3 Å². The number of carbonyl (C=O) groups excluding carboxylic acids is 1. The van der Waals surface area contributed by atoms with Crippen molar-refractivity contribution in [2.24, 2.45) is 0 Å². The molecule has 1 aromatic carbocycles. The Bertz CT molecular complexity index is 821. The molecule has 5 nitrogen and oxygen atoms in total. The lowest BCUT2D eigenvalue weighted by molar-refractivity contribution is 0.0115. The first-order chi connectivity index (χ1) is 12.8. The van der Waals surface area contributed by atoms with E-state index in [9.17, 15) is 13.6 Å². The van der Waals surface area contributed by atoms with Gasteiger partial charge in [0.1, 0.15) is 17.2 Å². The van der Waals surface area contributed by atoms with E-state index in [2.05, 4.69) is 10.3 Å². The van der Waals surface area contributed by atoms with Gasteiger partial charge in [0.15, 0.2) is 0 Å². The van der Waals surface area contributed by atoms with Crippen molar-refractivity contribution in [3.63, 3.8) is 0 Å². The first-order valence-corrected chi connectivity index (χ1v) is 8.94. The first kappa shape index (κ1) is 19.2. The van der Waals surface area contributed by atoms with Crippen molar-refractivity contribution < 1.29 is 18.3 Å². The number of rotatable bonds is 4. The molecule has 27 heavy (non-hydrogen) atoms. The molecule has 3 rings (SSSR count). The van der Waals surface area contributed by atoms with Crippen LogP contribution in [0.2, 0.25) is 0 Å². The van der Waals surface area contributed by atoms with Crippen LogP contribution in [0.4, 0.5) is 13.6 Å². The third kappa shape index (κ3) is 5.01. The van der Waals surface area contributed by atoms with Crippen molar-refractivity contribution >= 4 is 6.09 Å². The van der Waals surface area contributed by atoms with Gasteiger partial charge in [0.05, 0.1) is 5.69 Å². The summed E-state index contributed by atoms with van der Waals surface area (Å²) < 4.78 is 32.8. The monoisotopic (exact) mass is 375 g/mol. The fourth-order valence-electron chi connectivity index (χ4n) is 3.05. The molecular formula is C20H23F2N3O2. The lowest BCUT2D eigenvalue weighted by Gasteiger charge is -2.32. The van der Waals surface area contributed by atoms with E-state index in [4.69, 9.17) is 4.74 Å². The molecule has 1 aromatic heterocycles. The third-order valence-electron chi connectivity index (χ3n) is 4.36. The minimum Gasteiger partial charge on any atom is -0.443 e. The summed E-state index contributed by atoms with van der Waals surface area (Å²) in [5.41, 5.74) is 0.534. The maximum absolute atomic E-state index is 14.0. The quantitative estimate of drug-likeness (QED) is 0.890. The minimum atomic E-state index is -0.769. The van der Waals surface area contributed by atoms with Crippen LogP contribution in [0.15, 0.2) is 36.4 Å². The Kier molecular flexibility index (Phi) is 5.70. The van der Waals surface area contributed by atoms with Crippen molar-refractivity contribution in [3.05, 3.63) is 53.7 Å². The van der Waals surface area contributed by atoms with Gasteiger partial charge >= 0.3 is 6.09 Å². The standard InChI is InChI=1S/C20H23F2N3O2/c1-20(2,27-19(26)25-10-8-23-9-11-25)13-15-4-3-5-18(24-15)16-7-6-14(21)12-17(16)22/h3-7,12,23H,8-11,13H2,1-2H3. The number of ether oxygens (including phenoxy) is 1. The number of carbonyl (C=O) groups is 1. The van der Waals surface area contributed by atoms with Crippen molar-refractivity contribution in [2.75, 3.05) is 26.2 Å². The molecule has 0 saturated carbocycles. The highest BCUT2D eigenvalue weighted by molar-refractivity contribution is 5.68. The first-order valence-electron chi connectivity index (χ1n) is 8.94. The Morgan fingerprint density at radius 2 is 1.96 bits per heavy atom. The number of nitrogens with zero attached hydrogens (tertiary/aromatic N) is 2. The molecule has 0 unspecified atom stereocenters. The van der Waals surface area contributed by atoms with Crippen LogP contribution in [0.3, 0.4) is 0 Å². The van der Waals surface area contributed by atoms with Crippen LogP contribution in [0.5, 0.6) is 0 Å². The van der Waals surface area contributed by atoms with Crippen LogP contribution in [0.1, 0.15) is 19.5 Å². The highest BCUT2D eigenvalue weighted by atomic mass is 19.1. The molecule has 1 amide bonds. The van der Waals surface area contributed by atoms with Crippen molar-refractivity contribution in [3.8, 4) is 11.3 Å². The van der Waals surface area contributed by atoms with E-state index in [1.807, 2.05) is 13.8 Å². The predicted molar refractivity (Wildman–Crippen MR) is 98.3 cm³/mol. The molecule has 1 aliphatic heterocycles. The summed E-state index contributed by atoms with van der Waals surface area (Å²) in [5.74, 6) is -1.29. The van der Waals surface area contributed by atoms with Crippen molar-refractivity contribution in [2.45, 2.75) is 25.9 Å². The fraction of sp³-hybridized carbons (Fsp3) is 0.400. The molecule has 0 radical (unpaired) electrons. The second kappa shape index (κ2) is 8.00. The Hall–Kier alpha value is -2.54. The molecule has 1 fully saturated rings. The molecule has 2 heterocycles. The normalized spacial score (nSPS) is 14.9. The Morgan fingerprint density at radius 1 is 1.22 bits per heavy atom. The topological polar surface area (TPSA) is 54.5 Å². The number of halogens is 2. The summed E-state index contributed by atoms with van der Waals surface area (Å²) in [6.45, 7) is 6.38. The molecule has 1 aliphatic rings. The van der Waals surface area contributed by atoms with Gasteiger partial charge in [-0.2, -0.15) is 0 Å². The summed E-state index contributed by atoms with van der Waals surface area (Å²) in [7, 11) is 0. The van der Waals surface area contributed by atoms with Crippen LogP contribution < -0.4 is 5.32 Å². The molecule has 0 spiro atoms. The molecule has 2 aromatic rings. The van der Waals surface area contributed by atoms with Gasteiger partial charge in [-0.25, -0.2) is 13.6 Å². The molecule has 1 N–H and O–H groups in total. The van der Waals surface area contributed by atoms with Crippen LogP contribution in [0, 0.1) is 11.6 Å². The molecule has 0 aliphatic carbocycles. The molecule has 0 bridgehead atoms. The summed E-state index contributed by atoms with van der Waals surface area (Å²) >= 11 is 0. The van der Waals surface area contributed by atoms with E-state index in [-0.39, 0.29) is 11.7 Å². The average Bonchev–Trinajstić information content (AvgIpc) is 2.62. The minimum absolute atomic E-state index is 0.230. The van der Waals surface area contributed by atoms with Gasteiger partial charge in [-0.05, 0) is 38.1 Å². The summed E-state index contributed by atoms with van der Waals surface area (Å²) in [6.07, 6.45) is 0.0313. The zero-order valence-electron chi connectivity index (χ0n) is 15.5. The maximum Gasteiger partial charge on any atom is 0.410 e. The number of benzene rings is 1. The summed E-state index contributed by atoms with van der Waals surface area (Å²) in [6, 6.07) is 8.63. The molecule has 144 valence electrons. The molecule has 0 atom stereocenters. The number of hydrogen-bond acceptors (Lipinski definition) is 4. The zero-order valence-corrected chi connectivity index (χ0v) is 15.5. The Morgan fingerprint density at radius 3 is 2.67 bits per heavy atom. The number of hydrogen-bond donors (Lipinski definition) is 1. The SMILES string of the molecule is CC(C)(Cc1cccc(-c2ccc(F)cc2F)n1)OC(=O)N1CCNCC1. The summed E-state index contributed by atoms with van der Waals surface area (Å²) in [4.78, 5) is 18.5. The number of nitrogens with one attached hydrogen (secondary N) is 1. The maximum atomic E-state index is 14.0. The highest BCUT2D eigenvalue weighted by Crippen LogP contribution is 2.24. The van der Waals surface area contributed by atoms with Gasteiger partial charge in [0.2, 0.25) is 0 Å². The smallest absolute Gasteiger partial charge is 0.410 e. The van der Waals surface area contributed by atoms with Gasteiger partial charge in [0.25, 0.3) is 0 Å². The second-order valence-electron chi connectivity index (χ2n) is 7.18. The molecular weight excluding hydrogens is 352 g/mol. The third-order valence-corrected chi connectivity index (χ3v) is 4.36. The Balaban J connectivity index is 1.71. The van der Waals surface area contributed by atoms with E-state index in [0.717, 1.165) is 19.2 Å². The number of pyridine rings is 1. The van der Waals surface area contributed by atoms with E-state index >= 15 is 0 Å². The van der Waals surface area contributed by atoms with E-state index in [1.54, 1.807) is 23.1 Å². The van der Waals surface area contributed by atoms with Gasteiger partial charge in [-0.15, -0.1) is 0 Å². The van der Waals surface area contributed by atoms with E-state index in [1.165, 1.54) is 12.1 Å². The van der Waals surface area contributed by atoms with Gasteiger partial charge in [0, 0.05) is 49.9 Å². The lowest BCUT2D eigenvalue weighted by atomic mass is 10.0. The van der Waals surface area contributed by atoms with Crippen LogP contribution in [-0.4, -0.2) is 47.8 Å². The average molecular weight is 375 g/mol. The highest BCUT2D eigenvalue weighted by Gasteiger charge is 2.28. The van der Waals surface area contributed by atoms with Crippen molar-refractivity contribution in [1.29, 1.82) is 0 Å². The van der Waals surface area contributed by atoms with Gasteiger partial charge < -0.3 is 15.0 Å². The van der Waals surface area contributed by atoms with Crippen molar-refractivity contribution in [1.82, 2.24) is 15.2 Å². The summed E-state index contributed by atoms with van der Waals surface area (Å²) in [5, 5.41) is 3.19. The van der Waals surface area contributed by atoms with Gasteiger partial charge in [-0.1, -0.05) is 6.07 Å². The zero-order chi connectivity index (χ0) is 19.4. The lowest BCUT2D eigenvalue weighted by Crippen LogP contribution is -2.48. The molecule has 7 heteroatoms. The van der Waals surface area contributed by atoms with Crippen LogP contribution in [-0.2, 0) is 11.2 Å². The largest absolute Gasteiger partial charge is 0.443 e. The number of aromatic nitrogens is 1. The van der Waals surface area contributed by atoms with E-state index < -0.39 is 17.2 Å². The predicted octanol–water partition coefficient (Wildman–Crippen LogP) is 3.39. The van der Waals surface area contributed by atoms with E-state index in [0.29, 0.717) is 30.9 Å². The number of piperazine rings is 1.